The second kappa shape index (κ2) is 5.00. The molecule has 2 nitrogen and oxygen atoms in total. The summed E-state index contributed by atoms with van der Waals surface area (Å²) in [4.78, 5) is 0. The molecule has 2 aromatic carbocycles. The molecular weight excluding hydrogens is 283 g/mol. The Bertz CT molecular complexity index is 561. The van der Waals surface area contributed by atoms with E-state index >= 15 is 0 Å². The zero-order chi connectivity index (χ0) is 13.3. The van der Waals surface area contributed by atoms with Gasteiger partial charge < -0.3 is 10.5 Å². The second-order valence-corrected chi connectivity index (χ2v) is 4.34. The van der Waals surface area contributed by atoms with Crippen molar-refractivity contribution < 1.29 is 13.5 Å². The molecule has 0 saturated carbocycles. The Hall–Kier alpha value is -1.52. The highest BCUT2D eigenvalue weighted by Crippen LogP contribution is 2.38. The lowest BCUT2D eigenvalue weighted by Gasteiger charge is -2.10. The van der Waals surface area contributed by atoms with E-state index in [4.69, 9.17) is 33.7 Å². The predicted octanol–water partition coefficient (Wildman–Crippen LogP) is 4.65. The molecule has 0 atom stereocenters. The molecular formula is C12H7Cl2F2NO. The smallest absolute Gasteiger partial charge is 0.164 e. The van der Waals surface area contributed by atoms with Crippen molar-refractivity contribution in [2.75, 3.05) is 5.73 Å². The fourth-order valence-corrected chi connectivity index (χ4v) is 1.96. The van der Waals surface area contributed by atoms with E-state index in [2.05, 4.69) is 0 Å². The Kier molecular flexibility index (Phi) is 3.59. The second-order valence-electron chi connectivity index (χ2n) is 3.52. The maximum absolute atomic E-state index is 13.0. The van der Waals surface area contributed by atoms with Gasteiger partial charge in [0.2, 0.25) is 0 Å². The van der Waals surface area contributed by atoms with Crippen LogP contribution in [0.4, 0.5) is 14.5 Å². The molecule has 2 aromatic rings. The van der Waals surface area contributed by atoms with Gasteiger partial charge in [-0.1, -0.05) is 23.2 Å². The van der Waals surface area contributed by atoms with Gasteiger partial charge >= 0.3 is 0 Å². The molecule has 0 fully saturated rings. The highest BCUT2D eigenvalue weighted by molar-refractivity contribution is 6.37. The highest BCUT2D eigenvalue weighted by Gasteiger charge is 2.11. The van der Waals surface area contributed by atoms with E-state index in [1.54, 1.807) is 0 Å². The number of hydrogen-bond donors (Lipinski definition) is 1. The number of anilines is 1. The van der Waals surface area contributed by atoms with Crippen molar-refractivity contribution in [3.8, 4) is 11.5 Å². The van der Waals surface area contributed by atoms with Crippen molar-refractivity contribution >= 4 is 28.9 Å². The van der Waals surface area contributed by atoms with E-state index in [0.29, 0.717) is 5.69 Å². The van der Waals surface area contributed by atoms with Crippen LogP contribution in [-0.4, -0.2) is 0 Å². The third kappa shape index (κ3) is 2.83. The van der Waals surface area contributed by atoms with Gasteiger partial charge in [0.15, 0.2) is 5.75 Å². The Morgan fingerprint density at radius 1 is 0.889 bits per heavy atom. The summed E-state index contributed by atoms with van der Waals surface area (Å²) in [5.74, 6) is -1.46. The molecule has 0 saturated heterocycles. The molecule has 18 heavy (non-hydrogen) atoms. The van der Waals surface area contributed by atoms with Crippen LogP contribution in [-0.2, 0) is 0 Å². The Balaban J connectivity index is 2.40. The molecule has 0 amide bonds. The largest absolute Gasteiger partial charge is 0.454 e. The number of halogens is 4. The first kappa shape index (κ1) is 12.9. The third-order valence-corrected chi connectivity index (χ3v) is 2.64. The zero-order valence-corrected chi connectivity index (χ0v) is 10.4. The minimum absolute atomic E-state index is 0.0407. The summed E-state index contributed by atoms with van der Waals surface area (Å²) in [6, 6.07) is 5.63. The molecule has 0 aliphatic heterocycles. The summed E-state index contributed by atoms with van der Waals surface area (Å²) >= 11 is 11.8. The van der Waals surface area contributed by atoms with Gasteiger partial charge in [-0.2, -0.15) is 0 Å². The minimum Gasteiger partial charge on any atom is -0.454 e. The molecule has 0 aliphatic carbocycles. The molecule has 0 aliphatic rings. The van der Waals surface area contributed by atoms with Crippen LogP contribution >= 0.6 is 23.2 Å². The average Bonchev–Trinajstić information content (AvgIpc) is 2.22. The highest BCUT2D eigenvalue weighted by atomic mass is 35.5. The number of nitrogens with two attached hydrogens (primary N) is 1. The Labute approximate surface area is 112 Å². The lowest BCUT2D eigenvalue weighted by molar-refractivity contribution is 0.469. The van der Waals surface area contributed by atoms with E-state index in [-0.39, 0.29) is 21.5 Å². The number of hydrogen-bond acceptors (Lipinski definition) is 2. The topological polar surface area (TPSA) is 35.2 Å². The fraction of sp³-hybridized carbons (Fsp3) is 0. The van der Waals surface area contributed by atoms with Crippen molar-refractivity contribution in [2.24, 2.45) is 0 Å². The summed E-state index contributed by atoms with van der Waals surface area (Å²) in [6.45, 7) is 0. The number of rotatable bonds is 2. The van der Waals surface area contributed by atoms with E-state index in [1.807, 2.05) is 0 Å². The van der Waals surface area contributed by atoms with Gasteiger partial charge in [0.1, 0.15) is 17.4 Å². The summed E-state index contributed by atoms with van der Waals surface area (Å²) < 4.78 is 31.2. The first-order chi connectivity index (χ1) is 8.45. The molecule has 0 radical (unpaired) electrons. The van der Waals surface area contributed by atoms with Crippen molar-refractivity contribution in [3.05, 3.63) is 52.0 Å². The van der Waals surface area contributed by atoms with Crippen LogP contribution in [0.5, 0.6) is 11.5 Å². The summed E-state index contributed by atoms with van der Waals surface area (Å²) in [6.07, 6.45) is 0. The zero-order valence-electron chi connectivity index (χ0n) is 8.88. The fourth-order valence-electron chi connectivity index (χ4n) is 1.38. The van der Waals surface area contributed by atoms with Crippen molar-refractivity contribution in [1.82, 2.24) is 0 Å². The standard InChI is InChI=1S/C12H7Cl2F2NO/c13-10-4-8(17)5-11(14)12(10)18-9-2-6(15)1-7(16)3-9/h1-5H,17H2. The monoisotopic (exact) mass is 289 g/mol. The third-order valence-electron chi connectivity index (χ3n) is 2.08. The van der Waals surface area contributed by atoms with Crippen LogP contribution in [0, 0.1) is 11.6 Å². The average molecular weight is 290 g/mol. The summed E-state index contributed by atoms with van der Waals surface area (Å²) in [7, 11) is 0. The van der Waals surface area contributed by atoms with Gasteiger partial charge in [-0.3, -0.25) is 0 Å². The summed E-state index contributed by atoms with van der Waals surface area (Å²) in [5, 5.41) is 0.314. The molecule has 0 bridgehead atoms. The molecule has 0 heterocycles. The molecule has 0 aromatic heterocycles. The van der Waals surface area contributed by atoms with Crippen LogP contribution in [0.1, 0.15) is 0 Å². The van der Waals surface area contributed by atoms with Gasteiger partial charge in [0.05, 0.1) is 10.0 Å². The predicted molar refractivity (Wildman–Crippen MR) is 67.3 cm³/mol. The molecule has 6 heteroatoms. The van der Waals surface area contributed by atoms with Gasteiger partial charge in [0, 0.05) is 23.9 Å². The van der Waals surface area contributed by atoms with Crippen molar-refractivity contribution in [2.45, 2.75) is 0 Å². The van der Waals surface area contributed by atoms with E-state index < -0.39 is 11.6 Å². The van der Waals surface area contributed by atoms with Gasteiger partial charge in [-0.25, -0.2) is 8.78 Å². The van der Waals surface area contributed by atoms with Crippen molar-refractivity contribution in [1.29, 1.82) is 0 Å². The summed E-state index contributed by atoms with van der Waals surface area (Å²) in [5.41, 5.74) is 5.89. The lowest BCUT2D eigenvalue weighted by Crippen LogP contribution is -1.91. The van der Waals surface area contributed by atoms with Crippen molar-refractivity contribution in [3.63, 3.8) is 0 Å². The maximum Gasteiger partial charge on any atom is 0.164 e. The number of benzene rings is 2. The minimum atomic E-state index is -0.757. The molecule has 0 unspecified atom stereocenters. The van der Waals surface area contributed by atoms with Gasteiger partial charge in [-0.15, -0.1) is 0 Å². The van der Waals surface area contributed by atoms with Crippen LogP contribution in [0.3, 0.4) is 0 Å². The SMILES string of the molecule is Nc1cc(Cl)c(Oc2cc(F)cc(F)c2)c(Cl)c1. The normalized spacial score (nSPS) is 10.4. The maximum atomic E-state index is 13.0. The Morgan fingerprint density at radius 3 is 1.89 bits per heavy atom. The molecule has 94 valence electrons. The lowest BCUT2D eigenvalue weighted by atomic mass is 10.3. The van der Waals surface area contributed by atoms with Gasteiger partial charge in [0.25, 0.3) is 0 Å². The van der Waals surface area contributed by atoms with E-state index in [1.165, 1.54) is 12.1 Å². The Morgan fingerprint density at radius 2 is 1.39 bits per heavy atom. The first-order valence-corrected chi connectivity index (χ1v) is 5.60. The molecule has 2 N–H and O–H groups in total. The molecule has 0 spiro atoms. The van der Waals surface area contributed by atoms with Gasteiger partial charge in [-0.05, 0) is 12.1 Å². The van der Waals surface area contributed by atoms with E-state index in [9.17, 15) is 8.78 Å². The number of ether oxygens (including phenoxy) is 1. The first-order valence-electron chi connectivity index (χ1n) is 4.84. The van der Waals surface area contributed by atoms with E-state index in [0.717, 1.165) is 18.2 Å². The molecule has 2 rings (SSSR count). The van der Waals surface area contributed by atoms with Crippen LogP contribution in [0.2, 0.25) is 10.0 Å². The number of nitrogen functional groups attached to an aromatic ring is 1. The van der Waals surface area contributed by atoms with Crippen LogP contribution in [0.15, 0.2) is 30.3 Å². The van der Waals surface area contributed by atoms with Crippen LogP contribution in [0.25, 0.3) is 0 Å². The van der Waals surface area contributed by atoms with Crippen LogP contribution < -0.4 is 10.5 Å². The quantitative estimate of drug-likeness (QED) is 0.817.